The lowest BCUT2D eigenvalue weighted by Gasteiger charge is -2.17. The van der Waals surface area contributed by atoms with Crippen LogP contribution in [0.1, 0.15) is 19.3 Å². The Morgan fingerprint density at radius 3 is 2.67 bits per heavy atom. The third-order valence-corrected chi connectivity index (χ3v) is 4.38. The van der Waals surface area contributed by atoms with Gasteiger partial charge in [0.15, 0.2) is 9.84 Å². The largest absolute Gasteiger partial charge is 0.329 e. The molecule has 12 heavy (non-hydrogen) atoms. The van der Waals surface area contributed by atoms with E-state index in [0.717, 1.165) is 12.8 Å². The second-order valence-corrected chi connectivity index (χ2v) is 5.46. The minimum Gasteiger partial charge on any atom is -0.329 e. The van der Waals surface area contributed by atoms with Crippen molar-refractivity contribution in [1.82, 2.24) is 0 Å². The molecule has 70 valence electrons. The lowest BCUT2D eigenvalue weighted by Crippen LogP contribution is -2.28. The molecule has 1 aliphatic carbocycles. The Bertz CT molecular complexity index is 256. The van der Waals surface area contributed by atoms with E-state index in [2.05, 4.69) is 0 Å². The zero-order valence-electron chi connectivity index (χ0n) is 7.07. The molecule has 2 N–H and O–H groups in total. The van der Waals surface area contributed by atoms with Crippen molar-refractivity contribution in [3.05, 3.63) is 12.2 Å². The van der Waals surface area contributed by atoms with E-state index >= 15 is 0 Å². The highest BCUT2D eigenvalue weighted by atomic mass is 32.2. The van der Waals surface area contributed by atoms with Gasteiger partial charge >= 0.3 is 0 Å². The maximum atomic E-state index is 11.5. The fourth-order valence-electron chi connectivity index (χ4n) is 1.42. The first-order valence-corrected chi connectivity index (χ1v) is 5.95. The fraction of sp³-hybridized carbons (Fsp3) is 0.750. The molecule has 0 aromatic carbocycles. The van der Waals surface area contributed by atoms with Crippen LogP contribution < -0.4 is 5.73 Å². The van der Waals surface area contributed by atoms with Crippen molar-refractivity contribution in [3.63, 3.8) is 0 Å². The highest BCUT2D eigenvalue weighted by Crippen LogP contribution is 2.18. The third kappa shape index (κ3) is 2.32. The normalized spacial score (nSPS) is 24.2. The van der Waals surface area contributed by atoms with Crippen molar-refractivity contribution in [2.45, 2.75) is 24.5 Å². The van der Waals surface area contributed by atoms with Gasteiger partial charge in [-0.3, -0.25) is 0 Å². The fourth-order valence-corrected chi connectivity index (χ4v) is 2.98. The summed E-state index contributed by atoms with van der Waals surface area (Å²) in [5.74, 6) is 0.130. The van der Waals surface area contributed by atoms with Gasteiger partial charge in [0.2, 0.25) is 0 Å². The van der Waals surface area contributed by atoms with Crippen LogP contribution in [0.4, 0.5) is 0 Å². The lowest BCUT2D eigenvalue weighted by molar-refractivity contribution is 0.568. The van der Waals surface area contributed by atoms with Crippen LogP contribution in [0, 0.1) is 0 Å². The molecule has 0 saturated carbocycles. The Kier molecular flexibility index (Phi) is 3.29. The summed E-state index contributed by atoms with van der Waals surface area (Å²) in [5.41, 5.74) is 5.22. The highest BCUT2D eigenvalue weighted by molar-refractivity contribution is 7.92. The van der Waals surface area contributed by atoms with E-state index in [0.29, 0.717) is 6.42 Å². The zero-order valence-corrected chi connectivity index (χ0v) is 7.89. The smallest absolute Gasteiger partial charge is 0.154 e. The molecule has 1 aliphatic rings. The van der Waals surface area contributed by atoms with Gasteiger partial charge in [-0.25, -0.2) is 8.42 Å². The summed E-state index contributed by atoms with van der Waals surface area (Å²) in [7, 11) is -2.91. The Balaban J connectivity index is 2.62. The van der Waals surface area contributed by atoms with E-state index in [1.807, 2.05) is 12.2 Å². The minimum atomic E-state index is -2.91. The van der Waals surface area contributed by atoms with E-state index in [1.165, 1.54) is 0 Å². The highest BCUT2D eigenvalue weighted by Gasteiger charge is 2.24. The van der Waals surface area contributed by atoms with Crippen LogP contribution >= 0.6 is 0 Å². The van der Waals surface area contributed by atoms with Gasteiger partial charge in [-0.15, -0.1) is 0 Å². The quantitative estimate of drug-likeness (QED) is 0.656. The Labute approximate surface area is 73.6 Å². The monoisotopic (exact) mass is 189 g/mol. The second kappa shape index (κ2) is 4.05. The van der Waals surface area contributed by atoms with Gasteiger partial charge < -0.3 is 5.73 Å². The molecule has 1 atom stereocenters. The summed E-state index contributed by atoms with van der Waals surface area (Å²) in [4.78, 5) is 0. The standard InChI is InChI=1S/C8H15NO2S/c9-6-7-12(10,11)8-4-2-1-3-5-8/h1-2,8H,3-7,9H2. The molecule has 0 aromatic heterocycles. The van der Waals surface area contributed by atoms with Crippen molar-refractivity contribution in [2.24, 2.45) is 5.73 Å². The van der Waals surface area contributed by atoms with Crippen molar-refractivity contribution < 1.29 is 8.42 Å². The first kappa shape index (κ1) is 9.74. The minimum absolute atomic E-state index is 0.130. The molecule has 0 aromatic rings. The van der Waals surface area contributed by atoms with Gasteiger partial charge in [0.25, 0.3) is 0 Å². The third-order valence-electron chi connectivity index (χ3n) is 2.13. The SMILES string of the molecule is NCCS(=O)(=O)C1CC=CCC1. The Hall–Kier alpha value is -0.350. The number of hydrogen-bond donors (Lipinski definition) is 1. The number of sulfone groups is 1. The summed E-state index contributed by atoms with van der Waals surface area (Å²) >= 11 is 0. The summed E-state index contributed by atoms with van der Waals surface area (Å²) in [6.07, 6.45) is 6.30. The van der Waals surface area contributed by atoms with E-state index in [4.69, 9.17) is 5.73 Å². The predicted molar refractivity (Wildman–Crippen MR) is 49.6 cm³/mol. The number of rotatable bonds is 3. The first-order valence-electron chi connectivity index (χ1n) is 4.23. The van der Waals surface area contributed by atoms with Crippen LogP contribution in [-0.4, -0.2) is 26.0 Å². The van der Waals surface area contributed by atoms with Crippen molar-refractivity contribution in [3.8, 4) is 0 Å². The average Bonchev–Trinajstić information content (AvgIpc) is 2.06. The lowest BCUT2D eigenvalue weighted by atomic mass is 10.1. The Morgan fingerprint density at radius 1 is 1.42 bits per heavy atom. The molecule has 0 fully saturated rings. The molecule has 3 nitrogen and oxygen atoms in total. The van der Waals surface area contributed by atoms with Crippen LogP contribution in [0.3, 0.4) is 0 Å². The van der Waals surface area contributed by atoms with E-state index < -0.39 is 9.84 Å². The molecule has 0 aliphatic heterocycles. The molecular weight excluding hydrogens is 174 g/mol. The van der Waals surface area contributed by atoms with Gasteiger partial charge in [-0.2, -0.15) is 0 Å². The van der Waals surface area contributed by atoms with Crippen molar-refractivity contribution in [2.75, 3.05) is 12.3 Å². The first-order chi connectivity index (χ1) is 5.67. The molecule has 1 unspecified atom stereocenters. The number of nitrogens with two attached hydrogens (primary N) is 1. The summed E-state index contributed by atoms with van der Waals surface area (Å²) in [6.45, 7) is 0.239. The van der Waals surface area contributed by atoms with Crippen LogP contribution in [0.2, 0.25) is 0 Å². The molecule has 0 spiro atoms. The van der Waals surface area contributed by atoms with Gasteiger partial charge in [0.05, 0.1) is 11.0 Å². The zero-order chi connectivity index (χ0) is 9.03. The summed E-state index contributed by atoms with van der Waals surface area (Å²) < 4.78 is 22.9. The number of hydrogen-bond acceptors (Lipinski definition) is 3. The average molecular weight is 189 g/mol. The molecule has 0 saturated heterocycles. The topological polar surface area (TPSA) is 60.2 Å². The second-order valence-electron chi connectivity index (χ2n) is 3.06. The maximum absolute atomic E-state index is 11.5. The molecular formula is C8H15NO2S. The van der Waals surface area contributed by atoms with E-state index in [1.54, 1.807) is 0 Å². The van der Waals surface area contributed by atoms with Gasteiger partial charge in [-0.05, 0) is 19.3 Å². The van der Waals surface area contributed by atoms with E-state index in [9.17, 15) is 8.42 Å². The summed E-state index contributed by atoms with van der Waals surface area (Å²) in [5, 5.41) is -0.175. The predicted octanol–water partition coefficient (Wildman–Crippen LogP) is 0.469. The number of allylic oxidation sites excluding steroid dienone is 2. The molecule has 4 heteroatoms. The molecule has 0 bridgehead atoms. The van der Waals surface area contributed by atoms with Crippen LogP contribution in [0.15, 0.2) is 12.2 Å². The van der Waals surface area contributed by atoms with Gasteiger partial charge in [-0.1, -0.05) is 12.2 Å². The summed E-state index contributed by atoms with van der Waals surface area (Å²) in [6, 6.07) is 0. The van der Waals surface area contributed by atoms with Crippen molar-refractivity contribution >= 4 is 9.84 Å². The molecule has 0 heterocycles. The van der Waals surface area contributed by atoms with Crippen LogP contribution in [-0.2, 0) is 9.84 Å². The van der Waals surface area contributed by atoms with Crippen molar-refractivity contribution in [1.29, 1.82) is 0 Å². The molecule has 0 radical (unpaired) electrons. The molecule has 0 amide bonds. The van der Waals surface area contributed by atoms with Gasteiger partial charge in [0, 0.05) is 6.54 Å². The van der Waals surface area contributed by atoms with Gasteiger partial charge in [0.1, 0.15) is 0 Å². The van der Waals surface area contributed by atoms with Crippen LogP contribution in [0.5, 0.6) is 0 Å². The molecule has 1 rings (SSSR count). The van der Waals surface area contributed by atoms with E-state index in [-0.39, 0.29) is 17.5 Å². The Morgan fingerprint density at radius 2 is 2.17 bits per heavy atom. The maximum Gasteiger partial charge on any atom is 0.154 e. The van der Waals surface area contributed by atoms with Crippen LogP contribution in [0.25, 0.3) is 0 Å².